The molecule has 1 heterocycles. The molecule has 0 aliphatic rings. The van der Waals surface area contributed by atoms with Gasteiger partial charge in [0.2, 0.25) is 5.91 Å². The first kappa shape index (κ1) is 20.3. The highest BCUT2D eigenvalue weighted by Crippen LogP contribution is 2.22. The normalized spacial score (nSPS) is 10.7. The van der Waals surface area contributed by atoms with Gasteiger partial charge in [0.05, 0.1) is 12.1 Å². The van der Waals surface area contributed by atoms with Crippen molar-refractivity contribution < 1.29 is 9.59 Å². The highest BCUT2D eigenvalue weighted by atomic mass is 16.2. The van der Waals surface area contributed by atoms with E-state index < -0.39 is 0 Å². The van der Waals surface area contributed by atoms with Crippen LogP contribution in [0.5, 0.6) is 0 Å². The summed E-state index contributed by atoms with van der Waals surface area (Å²) >= 11 is 0. The van der Waals surface area contributed by atoms with Gasteiger partial charge in [-0.3, -0.25) is 14.3 Å². The van der Waals surface area contributed by atoms with E-state index in [4.69, 9.17) is 0 Å². The molecule has 0 fully saturated rings. The maximum absolute atomic E-state index is 12.8. The Balaban J connectivity index is 1.75. The van der Waals surface area contributed by atoms with Crippen LogP contribution in [0.25, 0.3) is 11.3 Å². The number of benzene rings is 2. The number of nitrogens with zero attached hydrogens (tertiary/aromatic N) is 2. The zero-order valence-corrected chi connectivity index (χ0v) is 16.8. The average Bonchev–Trinajstić information content (AvgIpc) is 3.16. The van der Waals surface area contributed by atoms with Crippen LogP contribution in [0.3, 0.4) is 0 Å². The molecule has 1 aromatic heterocycles. The van der Waals surface area contributed by atoms with E-state index >= 15 is 0 Å². The summed E-state index contributed by atoms with van der Waals surface area (Å²) in [6.07, 6.45) is 1.78. The molecule has 2 N–H and O–H groups in total. The van der Waals surface area contributed by atoms with Crippen molar-refractivity contribution in [1.29, 1.82) is 0 Å². The van der Waals surface area contributed by atoms with Gasteiger partial charge in [-0.25, -0.2) is 0 Å². The van der Waals surface area contributed by atoms with Crippen LogP contribution in [-0.2, 0) is 11.3 Å². The summed E-state index contributed by atoms with van der Waals surface area (Å²) in [5, 5.41) is 10.3. The van der Waals surface area contributed by atoms with Gasteiger partial charge in [0.1, 0.15) is 5.69 Å². The quantitative estimate of drug-likeness (QED) is 0.580. The molecular weight excluding hydrogens is 364 g/mol. The Bertz CT molecular complexity index is 950. The zero-order valence-electron chi connectivity index (χ0n) is 16.8. The minimum Gasteiger partial charge on any atom is -0.354 e. The van der Waals surface area contributed by atoms with E-state index in [1.807, 2.05) is 74.5 Å². The molecule has 0 saturated carbocycles. The lowest BCUT2D eigenvalue weighted by Gasteiger charge is -2.08. The molecule has 0 unspecified atom stereocenters. The summed E-state index contributed by atoms with van der Waals surface area (Å²) in [6.45, 7) is 5.00. The summed E-state index contributed by atoms with van der Waals surface area (Å²) in [6, 6.07) is 19.7. The Morgan fingerprint density at radius 1 is 0.931 bits per heavy atom. The number of aromatic nitrogens is 2. The van der Waals surface area contributed by atoms with E-state index in [9.17, 15) is 9.59 Å². The maximum atomic E-state index is 12.8. The molecular formula is C23H26N4O2. The van der Waals surface area contributed by atoms with Gasteiger partial charge in [0.25, 0.3) is 5.91 Å². The van der Waals surface area contributed by atoms with Crippen LogP contribution in [0, 0.1) is 5.92 Å². The van der Waals surface area contributed by atoms with E-state index in [0.29, 0.717) is 30.9 Å². The molecule has 0 aliphatic carbocycles. The predicted octanol–water partition coefficient (Wildman–Crippen LogP) is 3.10. The first-order chi connectivity index (χ1) is 14.0. The fourth-order valence-electron chi connectivity index (χ4n) is 2.91. The van der Waals surface area contributed by atoms with Gasteiger partial charge >= 0.3 is 0 Å². The monoisotopic (exact) mass is 390 g/mol. The number of carbonyl (C=O) groups excluding carboxylic acids is 2. The third-order valence-corrected chi connectivity index (χ3v) is 4.48. The smallest absolute Gasteiger partial charge is 0.255 e. The Morgan fingerprint density at radius 3 is 2.21 bits per heavy atom. The number of nitrogens with one attached hydrogen (secondary N) is 2. The minimum absolute atomic E-state index is 0.0279. The Hall–Kier alpha value is -3.41. The molecule has 0 spiro atoms. The Labute approximate surface area is 170 Å². The van der Waals surface area contributed by atoms with Crippen LogP contribution >= 0.6 is 0 Å². The zero-order chi connectivity index (χ0) is 20.6. The van der Waals surface area contributed by atoms with Crippen LogP contribution in [0.1, 0.15) is 29.8 Å². The second kappa shape index (κ2) is 9.68. The van der Waals surface area contributed by atoms with Crippen LogP contribution in [0.2, 0.25) is 0 Å². The summed E-state index contributed by atoms with van der Waals surface area (Å²) in [5.41, 5.74) is 3.16. The third kappa shape index (κ3) is 5.54. The number of amides is 2. The lowest BCUT2D eigenvalue weighted by atomic mass is 10.1. The van der Waals surface area contributed by atoms with Crippen molar-refractivity contribution in [1.82, 2.24) is 20.4 Å². The number of hydrogen-bond donors (Lipinski definition) is 2. The first-order valence-corrected chi connectivity index (χ1v) is 9.77. The molecule has 2 amide bonds. The largest absolute Gasteiger partial charge is 0.354 e. The standard InChI is InChI=1S/C23H26N4O2/c1-17(2)22(28)24-13-14-25-23(29)20-16-27(15-18-9-5-3-6-10-18)26-21(20)19-11-7-4-8-12-19/h3-12,16-17H,13-15H2,1-2H3,(H,24,28)(H,25,29). The predicted molar refractivity (Wildman–Crippen MR) is 113 cm³/mol. The van der Waals surface area contributed by atoms with Crippen LogP contribution in [0.15, 0.2) is 66.9 Å². The Morgan fingerprint density at radius 2 is 1.55 bits per heavy atom. The molecule has 0 atom stereocenters. The van der Waals surface area contributed by atoms with Gasteiger partial charge in [0, 0.05) is 30.8 Å². The first-order valence-electron chi connectivity index (χ1n) is 9.77. The highest BCUT2D eigenvalue weighted by molar-refractivity contribution is 5.99. The summed E-state index contributed by atoms with van der Waals surface area (Å²) in [4.78, 5) is 24.4. The third-order valence-electron chi connectivity index (χ3n) is 4.48. The summed E-state index contributed by atoms with van der Waals surface area (Å²) < 4.78 is 1.78. The van der Waals surface area contributed by atoms with E-state index in [1.54, 1.807) is 10.9 Å². The van der Waals surface area contributed by atoms with Crippen molar-refractivity contribution >= 4 is 11.8 Å². The fourth-order valence-corrected chi connectivity index (χ4v) is 2.91. The van der Waals surface area contributed by atoms with Crippen molar-refractivity contribution in [2.45, 2.75) is 20.4 Å². The molecule has 6 heteroatoms. The molecule has 0 bridgehead atoms. The van der Waals surface area contributed by atoms with E-state index in [-0.39, 0.29) is 17.7 Å². The average molecular weight is 390 g/mol. The fraction of sp³-hybridized carbons (Fsp3) is 0.261. The van der Waals surface area contributed by atoms with Gasteiger partial charge in [-0.2, -0.15) is 5.10 Å². The second-order valence-electron chi connectivity index (χ2n) is 7.14. The minimum atomic E-state index is -0.207. The number of hydrogen-bond acceptors (Lipinski definition) is 3. The van der Waals surface area contributed by atoms with Crippen molar-refractivity contribution in [2.24, 2.45) is 5.92 Å². The van der Waals surface area contributed by atoms with Gasteiger partial charge in [-0.05, 0) is 5.56 Å². The number of carbonyl (C=O) groups is 2. The van der Waals surface area contributed by atoms with Crippen LogP contribution in [-0.4, -0.2) is 34.7 Å². The van der Waals surface area contributed by atoms with Crippen molar-refractivity contribution in [2.75, 3.05) is 13.1 Å². The molecule has 3 rings (SSSR count). The molecule has 6 nitrogen and oxygen atoms in total. The lowest BCUT2D eigenvalue weighted by molar-refractivity contribution is -0.123. The van der Waals surface area contributed by atoms with Crippen molar-refractivity contribution in [3.05, 3.63) is 78.0 Å². The van der Waals surface area contributed by atoms with Crippen LogP contribution < -0.4 is 10.6 Å². The van der Waals surface area contributed by atoms with Gasteiger partial charge in [0.15, 0.2) is 0 Å². The van der Waals surface area contributed by atoms with Crippen molar-refractivity contribution in [3.63, 3.8) is 0 Å². The Kier molecular flexibility index (Phi) is 6.79. The maximum Gasteiger partial charge on any atom is 0.255 e. The molecule has 0 radical (unpaired) electrons. The van der Waals surface area contributed by atoms with Gasteiger partial charge in [-0.1, -0.05) is 74.5 Å². The molecule has 3 aromatic rings. The molecule has 0 aliphatic heterocycles. The topological polar surface area (TPSA) is 76.0 Å². The van der Waals surface area contributed by atoms with E-state index in [2.05, 4.69) is 15.7 Å². The molecule has 2 aromatic carbocycles. The molecule has 0 saturated heterocycles. The SMILES string of the molecule is CC(C)C(=O)NCCNC(=O)c1cn(Cc2ccccc2)nc1-c1ccccc1. The van der Waals surface area contributed by atoms with Gasteiger partial charge in [-0.15, -0.1) is 0 Å². The second-order valence-corrected chi connectivity index (χ2v) is 7.14. The highest BCUT2D eigenvalue weighted by Gasteiger charge is 2.18. The molecule has 29 heavy (non-hydrogen) atoms. The van der Waals surface area contributed by atoms with Crippen LogP contribution in [0.4, 0.5) is 0 Å². The van der Waals surface area contributed by atoms with E-state index in [1.165, 1.54) is 0 Å². The van der Waals surface area contributed by atoms with Crippen molar-refractivity contribution in [3.8, 4) is 11.3 Å². The summed E-state index contributed by atoms with van der Waals surface area (Å²) in [7, 11) is 0. The lowest BCUT2D eigenvalue weighted by Crippen LogP contribution is -2.36. The number of rotatable bonds is 8. The summed E-state index contributed by atoms with van der Waals surface area (Å²) in [5.74, 6) is -0.312. The van der Waals surface area contributed by atoms with E-state index in [0.717, 1.165) is 11.1 Å². The molecule has 150 valence electrons. The van der Waals surface area contributed by atoms with Gasteiger partial charge < -0.3 is 10.6 Å².